The Labute approximate surface area is 146 Å². The highest BCUT2D eigenvalue weighted by atomic mass is 19.4. The third-order valence-corrected chi connectivity index (χ3v) is 4.26. The van der Waals surface area contributed by atoms with Crippen molar-refractivity contribution in [3.63, 3.8) is 0 Å². The van der Waals surface area contributed by atoms with E-state index in [1.807, 2.05) is 4.90 Å². The molecule has 0 unspecified atom stereocenters. The van der Waals surface area contributed by atoms with Crippen LogP contribution in [0.5, 0.6) is 0 Å². The molecule has 0 amide bonds. The fourth-order valence-corrected chi connectivity index (χ4v) is 2.96. The number of nitrogens with zero attached hydrogens (tertiary/aromatic N) is 7. The van der Waals surface area contributed by atoms with E-state index in [2.05, 4.69) is 30.6 Å². The molecule has 1 N–H and O–H groups in total. The maximum absolute atomic E-state index is 13.0. The summed E-state index contributed by atoms with van der Waals surface area (Å²) in [5.41, 5.74) is 0.0707. The first-order valence-electron chi connectivity index (χ1n) is 8.08. The van der Waals surface area contributed by atoms with Crippen molar-refractivity contribution < 1.29 is 13.2 Å². The number of rotatable bonds is 3. The highest BCUT2D eigenvalue weighted by molar-refractivity contribution is 5.46. The van der Waals surface area contributed by atoms with E-state index in [-0.39, 0.29) is 11.7 Å². The molecule has 0 bridgehead atoms. The van der Waals surface area contributed by atoms with E-state index in [1.165, 1.54) is 12.4 Å². The smallest absolute Gasteiger partial charge is 0.367 e. The molecule has 1 saturated heterocycles. The van der Waals surface area contributed by atoms with Gasteiger partial charge in [0, 0.05) is 25.3 Å². The molecule has 0 radical (unpaired) electrons. The first-order valence-corrected chi connectivity index (χ1v) is 8.08. The van der Waals surface area contributed by atoms with Crippen LogP contribution in [0.2, 0.25) is 0 Å². The Bertz CT molecular complexity index is 887. The van der Waals surface area contributed by atoms with Crippen LogP contribution in [-0.4, -0.2) is 48.9 Å². The number of aromatic nitrogens is 6. The lowest BCUT2D eigenvalue weighted by Gasteiger charge is -2.33. The van der Waals surface area contributed by atoms with Gasteiger partial charge in [0.05, 0.1) is 0 Å². The number of nitrogens with one attached hydrogen (secondary N) is 1. The summed E-state index contributed by atoms with van der Waals surface area (Å²) in [6.07, 6.45) is 0.185. The van der Waals surface area contributed by atoms with Gasteiger partial charge in [0.15, 0.2) is 5.65 Å². The Balaban J connectivity index is 1.47. The zero-order valence-corrected chi connectivity index (χ0v) is 13.6. The van der Waals surface area contributed by atoms with E-state index in [9.17, 15) is 13.2 Å². The van der Waals surface area contributed by atoms with Crippen LogP contribution < -0.4 is 10.2 Å². The van der Waals surface area contributed by atoms with E-state index in [0.29, 0.717) is 18.9 Å². The minimum absolute atomic E-state index is 0.0707. The van der Waals surface area contributed by atoms with Crippen LogP contribution in [0.3, 0.4) is 0 Å². The SMILES string of the molecule is FC(F)(F)c1nnc2ccc(N3CCC(Nc4ccncn4)CC3)nn12. The quantitative estimate of drug-likeness (QED) is 0.761. The van der Waals surface area contributed by atoms with Gasteiger partial charge in [-0.3, -0.25) is 0 Å². The van der Waals surface area contributed by atoms with Gasteiger partial charge >= 0.3 is 6.18 Å². The van der Waals surface area contributed by atoms with Crippen LogP contribution in [0.25, 0.3) is 5.65 Å². The molecule has 0 aliphatic carbocycles. The molecular formula is C15H15F3N8. The standard InChI is InChI=1S/C15H15F3N8/c16-15(17,18)14-23-22-12-1-2-13(24-26(12)14)25-7-4-10(5-8-25)21-11-3-6-19-9-20-11/h1-3,6,9-10H,4-5,7-8H2,(H,19,20,21). The van der Waals surface area contributed by atoms with Crippen LogP contribution in [0.15, 0.2) is 30.7 Å². The van der Waals surface area contributed by atoms with Crippen LogP contribution in [-0.2, 0) is 6.18 Å². The molecule has 0 saturated carbocycles. The number of alkyl halides is 3. The third-order valence-electron chi connectivity index (χ3n) is 4.26. The summed E-state index contributed by atoms with van der Waals surface area (Å²) in [4.78, 5) is 9.97. The lowest BCUT2D eigenvalue weighted by Crippen LogP contribution is -2.39. The number of hydrogen-bond donors (Lipinski definition) is 1. The minimum atomic E-state index is -4.60. The first-order chi connectivity index (χ1) is 12.5. The zero-order chi connectivity index (χ0) is 18.1. The maximum Gasteiger partial charge on any atom is 0.453 e. The minimum Gasteiger partial charge on any atom is -0.367 e. The van der Waals surface area contributed by atoms with Crippen LogP contribution >= 0.6 is 0 Å². The van der Waals surface area contributed by atoms with Gasteiger partial charge in [-0.05, 0) is 31.0 Å². The molecule has 4 rings (SSSR count). The van der Waals surface area contributed by atoms with Crippen molar-refractivity contribution in [1.29, 1.82) is 0 Å². The molecule has 136 valence electrons. The van der Waals surface area contributed by atoms with E-state index < -0.39 is 12.0 Å². The lowest BCUT2D eigenvalue weighted by molar-refractivity contribution is -0.146. The van der Waals surface area contributed by atoms with Crippen molar-refractivity contribution in [2.75, 3.05) is 23.3 Å². The van der Waals surface area contributed by atoms with Gasteiger partial charge in [0.2, 0.25) is 0 Å². The second kappa shape index (κ2) is 6.39. The molecule has 3 aromatic heterocycles. The summed E-state index contributed by atoms with van der Waals surface area (Å²) in [5.74, 6) is 0.121. The lowest BCUT2D eigenvalue weighted by atomic mass is 10.1. The van der Waals surface area contributed by atoms with Crippen molar-refractivity contribution in [3.05, 3.63) is 36.5 Å². The molecule has 1 aliphatic heterocycles. The molecule has 8 nitrogen and oxygen atoms in total. The second-order valence-electron chi connectivity index (χ2n) is 5.98. The summed E-state index contributed by atoms with van der Waals surface area (Å²) in [6, 6.07) is 5.20. The Morgan fingerprint density at radius 1 is 1.08 bits per heavy atom. The first kappa shape index (κ1) is 16.5. The molecule has 0 spiro atoms. The van der Waals surface area contributed by atoms with Crippen molar-refractivity contribution >= 4 is 17.3 Å². The average molecular weight is 364 g/mol. The second-order valence-corrected chi connectivity index (χ2v) is 5.98. The van der Waals surface area contributed by atoms with E-state index >= 15 is 0 Å². The van der Waals surface area contributed by atoms with Gasteiger partial charge in [-0.2, -0.15) is 17.7 Å². The van der Waals surface area contributed by atoms with Gasteiger partial charge in [-0.15, -0.1) is 15.3 Å². The van der Waals surface area contributed by atoms with Crippen LogP contribution in [0.1, 0.15) is 18.7 Å². The average Bonchev–Trinajstić information content (AvgIpc) is 3.07. The normalized spacial score (nSPS) is 16.2. The van der Waals surface area contributed by atoms with Gasteiger partial charge in [-0.25, -0.2) is 9.97 Å². The van der Waals surface area contributed by atoms with Gasteiger partial charge in [0.1, 0.15) is 18.0 Å². The molecule has 11 heteroatoms. The number of hydrogen-bond acceptors (Lipinski definition) is 7. The summed E-state index contributed by atoms with van der Waals surface area (Å²) in [7, 11) is 0. The van der Waals surface area contributed by atoms with Gasteiger partial charge < -0.3 is 10.2 Å². The highest BCUT2D eigenvalue weighted by Crippen LogP contribution is 2.28. The molecule has 4 heterocycles. The number of fused-ring (bicyclic) bond motifs is 1. The van der Waals surface area contributed by atoms with Crippen molar-refractivity contribution in [1.82, 2.24) is 29.8 Å². The molecule has 1 fully saturated rings. The third kappa shape index (κ3) is 3.24. The number of halogens is 3. The van der Waals surface area contributed by atoms with E-state index in [0.717, 1.165) is 23.2 Å². The van der Waals surface area contributed by atoms with Gasteiger partial charge in [-0.1, -0.05) is 0 Å². The fraction of sp³-hybridized carbons (Fsp3) is 0.400. The van der Waals surface area contributed by atoms with Crippen molar-refractivity contribution in [2.24, 2.45) is 0 Å². The van der Waals surface area contributed by atoms with Crippen LogP contribution in [0.4, 0.5) is 24.8 Å². The topological polar surface area (TPSA) is 84.1 Å². The molecule has 26 heavy (non-hydrogen) atoms. The summed E-state index contributed by atoms with van der Waals surface area (Å²) in [6.45, 7) is 1.34. The maximum atomic E-state index is 13.0. The van der Waals surface area contributed by atoms with Crippen LogP contribution in [0, 0.1) is 0 Å². The highest BCUT2D eigenvalue weighted by Gasteiger charge is 2.37. The number of anilines is 2. The Hall–Kier alpha value is -2.98. The largest absolute Gasteiger partial charge is 0.453 e. The molecule has 0 atom stereocenters. The summed E-state index contributed by atoms with van der Waals surface area (Å²) in [5, 5.41) is 14.1. The predicted octanol–water partition coefficient (Wildman–Crippen LogP) is 2.01. The molecule has 0 aromatic carbocycles. The van der Waals surface area contributed by atoms with Gasteiger partial charge in [0.25, 0.3) is 5.82 Å². The molecular weight excluding hydrogens is 349 g/mol. The Morgan fingerprint density at radius 3 is 2.58 bits per heavy atom. The van der Waals surface area contributed by atoms with Crippen molar-refractivity contribution in [2.45, 2.75) is 25.1 Å². The monoisotopic (exact) mass is 364 g/mol. The predicted molar refractivity (Wildman–Crippen MR) is 86.7 cm³/mol. The summed E-state index contributed by atoms with van der Waals surface area (Å²) >= 11 is 0. The fourth-order valence-electron chi connectivity index (χ4n) is 2.96. The number of piperidine rings is 1. The molecule has 3 aromatic rings. The Kier molecular flexibility index (Phi) is 4.05. The van der Waals surface area contributed by atoms with E-state index in [4.69, 9.17) is 0 Å². The Morgan fingerprint density at radius 2 is 1.88 bits per heavy atom. The molecule has 1 aliphatic rings. The summed E-state index contributed by atoms with van der Waals surface area (Å²) < 4.78 is 39.7. The van der Waals surface area contributed by atoms with E-state index in [1.54, 1.807) is 18.3 Å². The zero-order valence-electron chi connectivity index (χ0n) is 13.6. The van der Waals surface area contributed by atoms with Crippen molar-refractivity contribution in [3.8, 4) is 0 Å².